The molecular weight excluding hydrogens is 315 g/mol. The molecule has 1 aliphatic heterocycles. The first-order valence-corrected chi connectivity index (χ1v) is 8.71. The molecule has 1 aliphatic rings. The molecular formula is C20H21FN4. The highest BCUT2D eigenvalue weighted by atomic mass is 19.1. The molecule has 4 rings (SSSR count). The SMILES string of the molecule is Fc1ccc2ncnc(N3CCN(CCc4ccccc4)CC3)c2c1. The van der Waals surface area contributed by atoms with E-state index in [9.17, 15) is 4.39 Å². The van der Waals surface area contributed by atoms with Gasteiger partial charge in [0, 0.05) is 38.1 Å². The molecule has 0 atom stereocenters. The smallest absolute Gasteiger partial charge is 0.140 e. The first-order valence-electron chi connectivity index (χ1n) is 8.71. The van der Waals surface area contributed by atoms with Crippen LogP contribution in [0.2, 0.25) is 0 Å². The summed E-state index contributed by atoms with van der Waals surface area (Å²) in [5.41, 5.74) is 2.17. The van der Waals surface area contributed by atoms with Crippen LogP contribution in [0.1, 0.15) is 5.56 Å². The number of benzene rings is 2. The Morgan fingerprint density at radius 2 is 1.72 bits per heavy atom. The van der Waals surface area contributed by atoms with Crippen LogP contribution >= 0.6 is 0 Å². The number of halogens is 1. The Morgan fingerprint density at radius 3 is 2.52 bits per heavy atom. The van der Waals surface area contributed by atoms with E-state index in [1.807, 2.05) is 0 Å². The fourth-order valence-electron chi connectivity index (χ4n) is 3.38. The van der Waals surface area contributed by atoms with E-state index in [4.69, 9.17) is 0 Å². The third kappa shape index (κ3) is 3.61. The first-order chi connectivity index (χ1) is 12.3. The van der Waals surface area contributed by atoms with Gasteiger partial charge in [0.2, 0.25) is 0 Å². The standard InChI is InChI=1S/C20H21FN4/c21-17-6-7-19-18(14-17)20(23-15-22-19)25-12-10-24(11-13-25)9-8-16-4-2-1-3-5-16/h1-7,14-15H,8-13H2. The first kappa shape index (κ1) is 16.0. The van der Waals surface area contributed by atoms with Crippen molar-refractivity contribution in [3.8, 4) is 0 Å². The molecule has 0 unspecified atom stereocenters. The van der Waals surface area contributed by atoms with E-state index in [1.165, 1.54) is 17.7 Å². The maximum atomic E-state index is 13.6. The number of piperazine rings is 1. The molecule has 25 heavy (non-hydrogen) atoms. The summed E-state index contributed by atoms with van der Waals surface area (Å²) in [6, 6.07) is 15.3. The van der Waals surface area contributed by atoms with Gasteiger partial charge >= 0.3 is 0 Å². The van der Waals surface area contributed by atoms with Crippen LogP contribution in [-0.4, -0.2) is 47.6 Å². The largest absolute Gasteiger partial charge is 0.353 e. The highest BCUT2D eigenvalue weighted by molar-refractivity contribution is 5.89. The summed E-state index contributed by atoms with van der Waals surface area (Å²) >= 11 is 0. The maximum Gasteiger partial charge on any atom is 0.140 e. The lowest BCUT2D eigenvalue weighted by Crippen LogP contribution is -2.47. The Morgan fingerprint density at radius 1 is 0.920 bits per heavy atom. The number of hydrogen-bond donors (Lipinski definition) is 0. The van der Waals surface area contributed by atoms with Crippen LogP contribution in [0.25, 0.3) is 10.9 Å². The molecule has 0 radical (unpaired) electrons. The zero-order valence-electron chi connectivity index (χ0n) is 14.1. The zero-order chi connectivity index (χ0) is 17.1. The minimum Gasteiger partial charge on any atom is -0.353 e. The minimum absolute atomic E-state index is 0.245. The van der Waals surface area contributed by atoms with Gasteiger partial charge in [-0.3, -0.25) is 4.90 Å². The van der Waals surface area contributed by atoms with Gasteiger partial charge in [-0.15, -0.1) is 0 Å². The second kappa shape index (κ2) is 7.15. The molecule has 0 bridgehead atoms. The van der Waals surface area contributed by atoms with E-state index in [0.717, 1.165) is 55.9 Å². The van der Waals surface area contributed by atoms with Gasteiger partial charge in [0.25, 0.3) is 0 Å². The third-order valence-electron chi connectivity index (χ3n) is 4.81. The summed E-state index contributed by atoms with van der Waals surface area (Å²) in [6.45, 7) is 4.85. The average molecular weight is 336 g/mol. The fourth-order valence-corrected chi connectivity index (χ4v) is 3.38. The molecule has 2 heterocycles. The van der Waals surface area contributed by atoms with Crippen molar-refractivity contribution in [2.24, 2.45) is 0 Å². The van der Waals surface area contributed by atoms with E-state index in [2.05, 4.69) is 50.1 Å². The summed E-state index contributed by atoms with van der Waals surface area (Å²) in [6.07, 6.45) is 2.64. The summed E-state index contributed by atoms with van der Waals surface area (Å²) in [5, 5.41) is 0.792. The van der Waals surface area contributed by atoms with Crippen molar-refractivity contribution in [3.05, 3.63) is 66.2 Å². The van der Waals surface area contributed by atoms with E-state index in [0.29, 0.717) is 0 Å². The Labute approximate surface area is 146 Å². The quantitative estimate of drug-likeness (QED) is 0.733. The van der Waals surface area contributed by atoms with Crippen molar-refractivity contribution in [2.45, 2.75) is 6.42 Å². The molecule has 0 N–H and O–H groups in total. The Hall–Kier alpha value is -2.53. The highest BCUT2D eigenvalue weighted by Gasteiger charge is 2.19. The van der Waals surface area contributed by atoms with Crippen molar-refractivity contribution in [1.29, 1.82) is 0 Å². The van der Waals surface area contributed by atoms with Gasteiger partial charge < -0.3 is 4.90 Å². The molecule has 1 aromatic heterocycles. The molecule has 0 amide bonds. The van der Waals surface area contributed by atoms with Crippen molar-refractivity contribution < 1.29 is 4.39 Å². The lowest BCUT2D eigenvalue weighted by molar-refractivity contribution is 0.260. The minimum atomic E-state index is -0.245. The van der Waals surface area contributed by atoms with Crippen LogP contribution in [0.15, 0.2) is 54.9 Å². The van der Waals surface area contributed by atoms with Gasteiger partial charge in [0.15, 0.2) is 0 Å². The lowest BCUT2D eigenvalue weighted by atomic mass is 10.1. The van der Waals surface area contributed by atoms with Crippen LogP contribution in [-0.2, 0) is 6.42 Å². The van der Waals surface area contributed by atoms with Gasteiger partial charge in [0.05, 0.1) is 5.52 Å². The number of fused-ring (bicyclic) bond motifs is 1. The van der Waals surface area contributed by atoms with Crippen molar-refractivity contribution in [1.82, 2.24) is 14.9 Å². The van der Waals surface area contributed by atoms with Gasteiger partial charge in [-0.25, -0.2) is 14.4 Å². The van der Waals surface area contributed by atoms with Crippen LogP contribution in [0.3, 0.4) is 0 Å². The summed E-state index contributed by atoms with van der Waals surface area (Å²) in [4.78, 5) is 13.4. The molecule has 0 spiro atoms. The van der Waals surface area contributed by atoms with Crippen LogP contribution in [0.4, 0.5) is 10.2 Å². The molecule has 5 heteroatoms. The number of nitrogens with zero attached hydrogens (tertiary/aromatic N) is 4. The Kier molecular flexibility index (Phi) is 4.57. The molecule has 3 aromatic rings. The molecule has 2 aromatic carbocycles. The molecule has 1 fully saturated rings. The third-order valence-corrected chi connectivity index (χ3v) is 4.81. The summed E-state index contributed by atoms with van der Waals surface area (Å²) < 4.78 is 13.6. The number of rotatable bonds is 4. The summed E-state index contributed by atoms with van der Waals surface area (Å²) in [7, 11) is 0. The molecule has 1 saturated heterocycles. The van der Waals surface area contributed by atoms with Gasteiger partial charge in [-0.1, -0.05) is 30.3 Å². The van der Waals surface area contributed by atoms with Crippen molar-refractivity contribution in [2.75, 3.05) is 37.6 Å². The Bertz CT molecular complexity index is 845. The maximum absolute atomic E-state index is 13.6. The Balaban J connectivity index is 1.41. The number of aromatic nitrogens is 2. The van der Waals surface area contributed by atoms with Gasteiger partial charge in [0.1, 0.15) is 18.0 Å². The molecule has 0 aliphatic carbocycles. The average Bonchev–Trinajstić information content (AvgIpc) is 2.67. The predicted molar refractivity (Wildman–Crippen MR) is 98.3 cm³/mol. The van der Waals surface area contributed by atoms with E-state index in [1.54, 1.807) is 12.4 Å². The monoisotopic (exact) mass is 336 g/mol. The lowest BCUT2D eigenvalue weighted by Gasteiger charge is -2.35. The van der Waals surface area contributed by atoms with Crippen LogP contribution < -0.4 is 4.90 Å². The number of hydrogen-bond acceptors (Lipinski definition) is 4. The van der Waals surface area contributed by atoms with Crippen molar-refractivity contribution in [3.63, 3.8) is 0 Å². The highest BCUT2D eigenvalue weighted by Crippen LogP contribution is 2.24. The van der Waals surface area contributed by atoms with E-state index >= 15 is 0 Å². The summed E-state index contributed by atoms with van der Waals surface area (Å²) in [5.74, 6) is 0.595. The second-order valence-corrected chi connectivity index (χ2v) is 6.42. The number of anilines is 1. The molecule has 0 saturated carbocycles. The molecule has 4 nitrogen and oxygen atoms in total. The van der Waals surface area contributed by atoms with Gasteiger partial charge in [-0.05, 0) is 30.2 Å². The van der Waals surface area contributed by atoms with Crippen LogP contribution in [0.5, 0.6) is 0 Å². The second-order valence-electron chi connectivity index (χ2n) is 6.42. The van der Waals surface area contributed by atoms with E-state index < -0.39 is 0 Å². The van der Waals surface area contributed by atoms with Crippen LogP contribution in [0, 0.1) is 5.82 Å². The van der Waals surface area contributed by atoms with Gasteiger partial charge in [-0.2, -0.15) is 0 Å². The van der Waals surface area contributed by atoms with E-state index in [-0.39, 0.29) is 5.82 Å². The fraction of sp³-hybridized carbons (Fsp3) is 0.300. The zero-order valence-corrected chi connectivity index (χ0v) is 14.1. The normalized spacial score (nSPS) is 15.6. The molecule has 128 valence electrons. The predicted octanol–water partition coefficient (Wildman–Crippen LogP) is 3.13. The van der Waals surface area contributed by atoms with Crippen molar-refractivity contribution >= 4 is 16.7 Å². The topological polar surface area (TPSA) is 32.3 Å².